The van der Waals surface area contributed by atoms with Crippen molar-refractivity contribution in [3.05, 3.63) is 54.1 Å². The zero-order valence-electron chi connectivity index (χ0n) is 14.0. The highest BCUT2D eigenvalue weighted by atomic mass is 16.1. The fourth-order valence-electron chi connectivity index (χ4n) is 2.20. The Morgan fingerprint density at radius 1 is 0.955 bits per heavy atom. The molecular weight excluding hydrogens is 272 g/mol. The van der Waals surface area contributed by atoms with Gasteiger partial charge in [-0.3, -0.25) is 4.79 Å². The van der Waals surface area contributed by atoms with Gasteiger partial charge in [-0.05, 0) is 56.2 Å². The lowest BCUT2D eigenvalue weighted by molar-refractivity contribution is 0.0919. The summed E-state index contributed by atoms with van der Waals surface area (Å²) in [6.07, 6.45) is 0. The van der Waals surface area contributed by atoms with Crippen molar-refractivity contribution < 1.29 is 4.79 Å². The lowest BCUT2D eigenvalue weighted by Crippen LogP contribution is -2.40. The number of amides is 1. The van der Waals surface area contributed by atoms with Gasteiger partial charge in [0.05, 0.1) is 0 Å². The standard InChI is InChI=1S/C19H24N2O/c1-19(2,3)20-18(22)16-8-6-7-15(13-16)14-9-11-17(12-10-14)21(4)5/h6-13H,1-5H3,(H,20,22). The first-order chi connectivity index (χ1) is 10.3. The van der Waals surface area contributed by atoms with Crippen molar-refractivity contribution in [3.8, 4) is 11.1 Å². The van der Waals surface area contributed by atoms with E-state index in [1.165, 1.54) is 0 Å². The van der Waals surface area contributed by atoms with Crippen molar-refractivity contribution in [2.24, 2.45) is 0 Å². The summed E-state index contributed by atoms with van der Waals surface area (Å²) in [5.74, 6) is -0.0424. The molecule has 2 aromatic carbocycles. The molecule has 3 heteroatoms. The van der Waals surface area contributed by atoms with Gasteiger partial charge in [-0.25, -0.2) is 0 Å². The molecule has 0 bridgehead atoms. The molecule has 0 unspecified atom stereocenters. The molecule has 0 saturated carbocycles. The molecule has 0 fully saturated rings. The number of nitrogens with zero attached hydrogens (tertiary/aromatic N) is 1. The third-order valence-electron chi connectivity index (χ3n) is 3.33. The van der Waals surface area contributed by atoms with E-state index in [0.29, 0.717) is 5.56 Å². The first-order valence-corrected chi connectivity index (χ1v) is 7.46. The Balaban J connectivity index is 2.26. The van der Waals surface area contributed by atoms with Crippen LogP contribution >= 0.6 is 0 Å². The van der Waals surface area contributed by atoms with Gasteiger partial charge in [0.25, 0.3) is 5.91 Å². The van der Waals surface area contributed by atoms with E-state index in [1.54, 1.807) is 0 Å². The maximum absolute atomic E-state index is 12.3. The van der Waals surface area contributed by atoms with Gasteiger partial charge in [0.2, 0.25) is 0 Å². The van der Waals surface area contributed by atoms with Crippen molar-refractivity contribution in [2.45, 2.75) is 26.3 Å². The second kappa shape index (κ2) is 6.22. The summed E-state index contributed by atoms with van der Waals surface area (Å²) >= 11 is 0. The summed E-state index contributed by atoms with van der Waals surface area (Å²) in [5, 5.41) is 2.99. The number of hydrogen-bond donors (Lipinski definition) is 1. The average molecular weight is 296 g/mol. The van der Waals surface area contributed by atoms with Crippen molar-refractivity contribution in [1.29, 1.82) is 0 Å². The van der Waals surface area contributed by atoms with E-state index in [0.717, 1.165) is 16.8 Å². The molecule has 116 valence electrons. The van der Waals surface area contributed by atoms with E-state index in [2.05, 4.69) is 34.5 Å². The molecule has 0 saturated heterocycles. The number of anilines is 1. The Kier molecular flexibility index (Phi) is 4.55. The molecule has 0 spiro atoms. The van der Waals surface area contributed by atoms with E-state index in [-0.39, 0.29) is 11.4 Å². The van der Waals surface area contributed by atoms with Crippen LogP contribution < -0.4 is 10.2 Å². The average Bonchev–Trinajstić information content (AvgIpc) is 2.46. The van der Waals surface area contributed by atoms with Gasteiger partial charge in [-0.1, -0.05) is 24.3 Å². The van der Waals surface area contributed by atoms with E-state index < -0.39 is 0 Å². The van der Waals surface area contributed by atoms with Gasteiger partial charge in [0, 0.05) is 30.9 Å². The number of hydrogen-bond acceptors (Lipinski definition) is 2. The zero-order chi connectivity index (χ0) is 16.3. The van der Waals surface area contributed by atoms with Crippen molar-refractivity contribution >= 4 is 11.6 Å². The van der Waals surface area contributed by atoms with Crippen LogP contribution in [0.3, 0.4) is 0 Å². The Hall–Kier alpha value is -2.29. The lowest BCUT2D eigenvalue weighted by Gasteiger charge is -2.20. The van der Waals surface area contributed by atoms with Gasteiger partial charge in [-0.2, -0.15) is 0 Å². The SMILES string of the molecule is CN(C)c1ccc(-c2cccc(C(=O)NC(C)(C)C)c2)cc1. The third-order valence-corrected chi connectivity index (χ3v) is 3.33. The highest BCUT2D eigenvalue weighted by Crippen LogP contribution is 2.23. The molecule has 2 rings (SSSR count). The molecule has 0 aliphatic rings. The highest BCUT2D eigenvalue weighted by molar-refractivity contribution is 5.95. The number of nitrogens with one attached hydrogen (secondary N) is 1. The molecule has 0 radical (unpaired) electrons. The van der Waals surface area contributed by atoms with E-state index >= 15 is 0 Å². The summed E-state index contributed by atoms with van der Waals surface area (Å²) in [5.41, 5.74) is 3.76. The molecule has 1 N–H and O–H groups in total. The fourth-order valence-corrected chi connectivity index (χ4v) is 2.20. The Bertz CT molecular complexity index is 652. The predicted molar refractivity (Wildman–Crippen MR) is 93.4 cm³/mol. The van der Waals surface area contributed by atoms with Gasteiger partial charge in [-0.15, -0.1) is 0 Å². The molecular formula is C19H24N2O. The van der Waals surface area contributed by atoms with Crippen LogP contribution in [0.1, 0.15) is 31.1 Å². The minimum Gasteiger partial charge on any atom is -0.378 e. The highest BCUT2D eigenvalue weighted by Gasteiger charge is 2.15. The Labute approximate surface area is 133 Å². The van der Waals surface area contributed by atoms with Crippen LogP contribution in [0.5, 0.6) is 0 Å². The van der Waals surface area contributed by atoms with Crippen LogP contribution in [-0.4, -0.2) is 25.5 Å². The van der Waals surface area contributed by atoms with Crippen molar-refractivity contribution in [3.63, 3.8) is 0 Å². The fraction of sp³-hybridized carbons (Fsp3) is 0.316. The monoisotopic (exact) mass is 296 g/mol. The van der Waals surface area contributed by atoms with E-state index in [1.807, 2.05) is 59.1 Å². The molecule has 0 aliphatic carbocycles. The van der Waals surface area contributed by atoms with Crippen molar-refractivity contribution in [1.82, 2.24) is 5.32 Å². The first-order valence-electron chi connectivity index (χ1n) is 7.46. The zero-order valence-corrected chi connectivity index (χ0v) is 14.0. The summed E-state index contributed by atoms with van der Waals surface area (Å²) < 4.78 is 0. The molecule has 0 aromatic heterocycles. The summed E-state index contributed by atoms with van der Waals surface area (Å²) in [6.45, 7) is 5.94. The second-order valence-electron chi connectivity index (χ2n) is 6.73. The molecule has 22 heavy (non-hydrogen) atoms. The van der Waals surface area contributed by atoms with Crippen LogP contribution in [0.15, 0.2) is 48.5 Å². The molecule has 1 amide bonds. The molecule has 2 aromatic rings. The summed E-state index contributed by atoms with van der Waals surface area (Å²) in [7, 11) is 4.04. The quantitative estimate of drug-likeness (QED) is 0.930. The Morgan fingerprint density at radius 2 is 1.59 bits per heavy atom. The van der Waals surface area contributed by atoms with Gasteiger partial charge >= 0.3 is 0 Å². The van der Waals surface area contributed by atoms with Gasteiger partial charge < -0.3 is 10.2 Å². The van der Waals surface area contributed by atoms with E-state index in [4.69, 9.17) is 0 Å². The minimum atomic E-state index is -0.236. The third kappa shape index (κ3) is 4.10. The maximum Gasteiger partial charge on any atom is 0.251 e. The van der Waals surface area contributed by atoms with Crippen molar-refractivity contribution in [2.75, 3.05) is 19.0 Å². The summed E-state index contributed by atoms with van der Waals surface area (Å²) in [6, 6.07) is 16.1. The van der Waals surface area contributed by atoms with Crippen LogP contribution in [0.2, 0.25) is 0 Å². The van der Waals surface area contributed by atoms with Crippen LogP contribution in [0, 0.1) is 0 Å². The minimum absolute atomic E-state index is 0.0424. The molecule has 0 aliphatic heterocycles. The maximum atomic E-state index is 12.3. The Morgan fingerprint density at radius 3 is 2.14 bits per heavy atom. The molecule has 0 heterocycles. The van der Waals surface area contributed by atoms with Crippen LogP contribution in [0.25, 0.3) is 11.1 Å². The lowest BCUT2D eigenvalue weighted by atomic mass is 10.0. The number of rotatable bonds is 3. The second-order valence-corrected chi connectivity index (χ2v) is 6.73. The van der Waals surface area contributed by atoms with E-state index in [9.17, 15) is 4.79 Å². The topological polar surface area (TPSA) is 32.3 Å². The van der Waals surface area contributed by atoms with Crippen LogP contribution in [0.4, 0.5) is 5.69 Å². The number of carbonyl (C=O) groups excluding carboxylic acids is 1. The molecule has 3 nitrogen and oxygen atoms in total. The smallest absolute Gasteiger partial charge is 0.251 e. The number of carbonyl (C=O) groups is 1. The summed E-state index contributed by atoms with van der Waals surface area (Å²) in [4.78, 5) is 14.3. The number of benzene rings is 2. The predicted octanol–water partition coefficient (Wildman–Crippen LogP) is 3.95. The first kappa shape index (κ1) is 16.1. The van der Waals surface area contributed by atoms with Crippen LogP contribution in [-0.2, 0) is 0 Å². The van der Waals surface area contributed by atoms with Gasteiger partial charge in [0.15, 0.2) is 0 Å². The normalized spacial score (nSPS) is 11.1. The van der Waals surface area contributed by atoms with Gasteiger partial charge in [0.1, 0.15) is 0 Å². The molecule has 0 atom stereocenters. The largest absolute Gasteiger partial charge is 0.378 e.